The largest absolute Gasteiger partial charge is 0.497 e. The van der Waals surface area contributed by atoms with Crippen molar-refractivity contribution in [2.45, 2.75) is 17.7 Å². The van der Waals surface area contributed by atoms with Gasteiger partial charge in [-0.05, 0) is 61.1 Å². The van der Waals surface area contributed by atoms with Crippen LogP contribution in [0.25, 0.3) is 5.70 Å². The Morgan fingerprint density at radius 1 is 1.24 bits per heavy atom. The molecule has 4 nitrogen and oxygen atoms in total. The van der Waals surface area contributed by atoms with Gasteiger partial charge in [-0.15, -0.1) is 11.8 Å². The van der Waals surface area contributed by atoms with Gasteiger partial charge in [0.1, 0.15) is 5.75 Å². The quantitative estimate of drug-likeness (QED) is 0.605. The SMILES string of the molecule is COc1ccc2c(c1)CCC=C2NOC(=O)c1cc(SC)ccc1Cl. The summed E-state index contributed by atoms with van der Waals surface area (Å²) in [5, 5.41) is 0.368. The van der Waals surface area contributed by atoms with Crippen LogP contribution in [0.15, 0.2) is 47.4 Å². The van der Waals surface area contributed by atoms with Crippen molar-refractivity contribution in [3.8, 4) is 5.75 Å². The van der Waals surface area contributed by atoms with Gasteiger partial charge < -0.3 is 9.57 Å². The van der Waals surface area contributed by atoms with Crippen molar-refractivity contribution in [2.24, 2.45) is 0 Å². The highest BCUT2D eigenvalue weighted by atomic mass is 35.5. The Hall–Kier alpha value is -2.11. The van der Waals surface area contributed by atoms with Crippen molar-refractivity contribution in [1.29, 1.82) is 0 Å². The summed E-state index contributed by atoms with van der Waals surface area (Å²) in [6, 6.07) is 11.1. The van der Waals surface area contributed by atoms with Gasteiger partial charge in [-0.25, -0.2) is 10.3 Å². The Morgan fingerprint density at radius 3 is 2.84 bits per heavy atom. The van der Waals surface area contributed by atoms with Crippen LogP contribution in [-0.2, 0) is 11.3 Å². The molecule has 130 valence electrons. The van der Waals surface area contributed by atoms with E-state index in [9.17, 15) is 4.79 Å². The number of carbonyl (C=O) groups excluding carboxylic acids is 1. The predicted molar refractivity (Wildman–Crippen MR) is 101 cm³/mol. The molecule has 6 heteroatoms. The molecule has 0 radical (unpaired) electrons. The normalized spacial score (nSPS) is 12.8. The summed E-state index contributed by atoms with van der Waals surface area (Å²) in [4.78, 5) is 18.6. The third-order valence-corrected chi connectivity index (χ3v) is 5.07. The van der Waals surface area contributed by atoms with Gasteiger partial charge >= 0.3 is 5.97 Å². The molecular formula is C19H18ClNO3S. The molecule has 0 aliphatic heterocycles. The van der Waals surface area contributed by atoms with E-state index in [2.05, 4.69) is 5.48 Å². The number of hydroxylamine groups is 1. The van der Waals surface area contributed by atoms with Crippen molar-refractivity contribution in [3.63, 3.8) is 0 Å². The van der Waals surface area contributed by atoms with Crippen molar-refractivity contribution >= 4 is 35.0 Å². The lowest BCUT2D eigenvalue weighted by Gasteiger charge is -2.19. The van der Waals surface area contributed by atoms with Crippen molar-refractivity contribution in [3.05, 3.63) is 64.2 Å². The van der Waals surface area contributed by atoms with E-state index in [-0.39, 0.29) is 0 Å². The van der Waals surface area contributed by atoms with E-state index in [0.29, 0.717) is 10.6 Å². The van der Waals surface area contributed by atoms with Gasteiger partial charge in [-0.3, -0.25) is 0 Å². The maximum atomic E-state index is 12.4. The summed E-state index contributed by atoms with van der Waals surface area (Å²) < 4.78 is 5.26. The molecule has 0 fully saturated rings. The maximum Gasteiger partial charge on any atom is 0.364 e. The number of aryl methyl sites for hydroxylation is 1. The van der Waals surface area contributed by atoms with Gasteiger partial charge in [0.25, 0.3) is 0 Å². The molecule has 0 saturated heterocycles. The molecule has 1 N–H and O–H groups in total. The molecule has 2 aromatic carbocycles. The van der Waals surface area contributed by atoms with Gasteiger partial charge in [0.05, 0.1) is 23.4 Å². The Morgan fingerprint density at radius 2 is 2.08 bits per heavy atom. The Labute approximate surface area is 156 Å². The monoisotopic (exact) mass is 375 g/mol. The molecule has 0 unspecified atom stereocenters. The highest BCUT2D eigenvalue weighted by Crippen LogP contribution is 2.28. The first-order chi connectivity index (χ1) is 12.1. The average Bonchev–Trinajstić information content (AvgIpc) is 2.65. The van der Waals surface area contributed by atoms with Crippen LogP contribution in [0, 0.1) is 0 Å². The van der Waals surface area contributed by atoms with E-state index in [4.69, 9.17) is 21.2 Å². The molecule has 0 atom stereocenters. The number of hydrogen-bond donors (Lipinski definition) is 1. The summed E-state index contributed by atoms with van der Waals surface area (Å²) in [7, 11) is 1.65. The zero-order valence-corrected chi connectivity index (χ0v) is 15.5. The van der Waals surface area contributed by atoms with E-state index in [1.807, 2.05) is 36.6 Å². The number of nitrogens with one attached hydrogen (secondary N) is 1. The molecule has 0 heterocycles. The number of rotatable bonds is 5. The van der Waals surface area contributed by atoms with E-state index in [1.54, 1.807) is 19.2 Å². The van der Waals surface area contributed by atoms with E-state index >= 15 is 0 Å². The molecule has 2 aromatic rings. The van der Waals surface area contributed by atoms with Crippen LogP contribution in [0.5, 0.6) is 5.75 Å². The maximum absolute atomic E-state index is 12.4. The highest BCUT2D eigenvalue weighted by molar-refractivity contribution is 7.98. The van der Waals surface area contributed by atoms with Crippen molar-refractivity contribution in [1.82, 2.24) is 5.48 Å². The number of halogens is 1. The van der Waals surface area contributed by atoms with E-state index < -0.39 is 5.97 Å². The molecule has 1 aliphatic rings. The summed E-state index contributed by atoms with van der Waals surface area (Å²) in [6.07, 6.45) is 5.74. The average molecular weight is 376 g/mol. The number of carbonyl (C=O) groups is 1. The summed E-state index contributed by atoms with van der Waals surface area (Å²) in [5.41, 5.74) is 6.06. The third-order valence-electron chi connectivity index (χ3n) is 4.01. The molecule has 3 rings (SSSR count). The molecule has 0 bridgehead atoms. The van der Waals surface area contributed by atoms with Crippen LogP contribution in [0.1, 0.15) is 27.9 Å². The predicted octanol–water partition coefficient (Wildman–Crippen LogP) is 4.72. The molecular weight excluding hydrogens is 358 g/mol. The van der Waals surface area contributed by atoms with Crippen LogP contribution in [0.2, 0.25) is 5.02 Å². The first-order valence-corrected chi connectivity index (χ1v) is 9.41. The zero-order chi connectivity index (χ0) is 17.8. The number of thioether (sulfide) groups is 1. The lowest BCUT2D eigenvalue weighted by molar-refractivity contribution is 0.0368. The lowest BCUT2D eigenvalue weighted by Crippen LogP contribution is -2.21. The number of methoxy groups -OCH3 is 1. The second kappa shape index (κ2) is 7.85. The number of allylic oxidation sites excluding steroid dienone is 1. The summed E-state index contributed by atoms with van der Waals surface area (Å²) >= 11 is 7.66. The number of fused-ring (bicyclic) bond motifs is 1. The van der Waals surface area contributed by atoms with Crippen LogP contribution in [0.4, 0.5) is 0 Å². The van der Waals surface area contributed by atoms with Gasteiger partial charge in [0.15, 0.2) is 0 Å². The second-order valence-corrected chi connectivity index (χ2v) is 6.80. The van der Waals surface area contributed by atoms with Gasteiger partial charge in [0, 0.05) is 10.5 Å². The number of hydrogen-bond acceptors (Lipinski definition) is 5. The number of ether oxygens (including phenoxy) is 1. The minimum absolute atomic E-state index is 0.340. The lowest BCUT2D eigenvalue weighted by atomic mass is 9.95. The Balaban J connectivity index is 1.74. The molecule has 25 heavy (non-hydrogen) atoms. The molecule has 0 spiro atoms. The van der Waals surface area contributed by atoms with Crippen molar-refractivity contribution < 1.29 is 14.4 Å². The standard InChI is InChI=1S/C19H18ClNO3S/c1-23-13-6-8-15-12(10-13)4-3-5-18(15)21-24-19(22)16-11-14(25-2)7-9-17(16)20/h5-11,21H,3-4H2,1-2H3. The Bertz CT molecular complexity index is 835. The third kappa shape index (κ3) is 3.94. The topological polar surface area (TPSA) is 47.6 Å². The molecule has 0 saturated carbocycles. The molecule has 0 aromatic heterocycles. The molecule has 0 amide bonds. The minimum atomic E-state index is -0.512. The molecule has 1 aliphatic carbocycles. The van der Waals surface area contributed by atoms with Gasteiger partial charge in [-0.1, -0.05) is 17.7 Å². The summed E-state index contributed by atoms with van der Waals surface area (Å²) in [5.74, 6) is 0.306. The first kappa shape index (κ1) is 17.7. The van der Waals surface area contributed by atoms with Crippen molar-refractivity contribution in [2.75, 3.05) is 13.4 Å². The summed E-state index contributed by atoms with van der Waals surface area (Å²) in [6.45, 7) is 0. The fourth-order valence-corrected chi connectivity index (χ4v) is 3.32. The van der Waals surface area contributed by atoms with E-state index in [0.717, 1.165) is 40.3 Å². The van der Waals surface area contributed by atoms with E-state index in [1.165, 1.54) is 11.8 Å². The zero-order valence-electron chi connectivity index (χ0n) is 14.0. The fourth-order valence-electron chi connectivity index (χ4n) is 2.69. The van der Waals surface area contributed by atoms with Crippen LogP contribution < -0.4 is 10.2 Å². The smallest absolute Gasteiger partial charge is 0.364 e. The number of benzene rings is 2. The van der Waals surface area contributed by atoms with Crippen LogP contribution >= 0.6 is 23.4 Å². The second-order valence-electron chi connectivity index (χ2n) is 5.52. The van der Waals surface area contributed by atoms with Crippen LogP contribution in [0.3, 0.4) is 0 Å². The fraction of sp³-hybridized carbons (Fsp3) is 0.211. The van der Waals surface area contributed by atoms with Gasteiger partial charge in [0.2, 0.25) is 0 Å². The first-order valence-electron chi connectivity index (χ1n) is 7.80. The minimum Gasteiger partial charge on any atom is -0.497 e. The highest BCUT2D eigenvalue weighted by Gasteiger charge is 2.17. The van der Waals surface area contributed by atoms with Crippen LogP contribution in [-0.4, -0.2) is 19.3 Å². The van der Waals surface area contributed by atoms with Gasteiger partial charge in [-0.2, -0.15) is 0 Å². The Kier molecular flexibility index (Phi) is 5.56.